The summed E-state index contributed by atoms with van der Waals surface area (Å²) in [6.07, 6.45) is 3.43. The molecule has 0 unspecified atom stereocenters. The number of hydrogen-bond donors (Lipinski definition) is 5. The number of ether oxygens (including phenoxy) is 2. The normalized spacial score (nSPS) is 27.1. The predicted octanol–water partition coefficient (Wildman–Crippen LogP) is 3.38. The van der Waals surface area contributed by atoms with Crippen molar-refractivity contribution in [2.75, 3.05) is 95.4 Å². The van der Waals surface area contributed by atoms with Crippen LogP contribution in [0.5, 0.6) is 0 Å². The van der Waals surface area contributed by atoms with E-state index in [-0.39, 0.29) is 69.0 Å². The number of carbonyl (C=O) groups is 11. The Hall–Kier alpha value is -6.25. The molecule has 2 aliphatic rings. The fourth-order valence-electron chi connectivity index (χ4n) is 12.4. The number of amides is 11. The minimum atomic E-state index is -1.66. The smallest absolute Gasteiger partial charge is 0.248 e. The second kappa shape index (κ2) is 40.6. The highest BCUT2D eigenvalue weighted by Gasteiger charge is 2.46. The Balaban J connectivity index is 3.08. The number of hydrogen-bond acceptors (Lipinski definition) is 15. The van der Waals surface area contributed by atoms with E-state index >= 15 is 28.8 Å². The summed E-state index contributed by atoms with van der Waals surface area (Å²) in [4.78, 5) is 175. The molecule has 2 aliphatic heterocycles. The molecule has 2 saturated heterocycles. The van der Waals surface area contributed by atoms with E-state index in [0.717, 1.165) is 18.0 Å². The third-order valence-corrected chi connectivity index (χ3v) is 18.5. The van der Waals surface area contributed by atoms with Crippen molar-refractivity contribution in [3.63, 3.8) is 0 Å². The predicted molar refractivity (Wildman–Crippen MR) is 370 cm³/mol. The summed E-state index contributed by atoms with van der Waals surface area (Å²) in [5, 5.41) is 23.5. The van der Waals surface area contributed by atoms with E-state index in [1.54, 1.807) is 54.5 Å². The van der Waals surface area contributed by atoms with Gasteiger partial charge in [0.05, 0.1) is 25.9 Å². The van der Waals surface area contributed by atoms with E-state index in [1.165, 1.54) is 92.6 Å². The lowest BCUT2D eigenvalue weighted by Gasteiger charge is -2.41. The minimum absolute atomic E-state index is 0.0256. The van der Waals surface area contributed by atoms with E-state index in [0.29, 0.717) is 32.6 Å². The standard InChI is InChI=1S/C70H126N12O14/c1-25-27-29-47(15)59(83)58-63(87)73-50(26-2)65(89)79(22)55(40-96-33-28-30-82-31-34-95-35-32-82)68(92)75(18)52(37-42(5)6)62(86)74-56(45(11)12)69(93)76(19)51(36-41(3)4)61(85)71-48(16)60(84)72-49(17)64(88)77(20)53(38-43(7)8)66(90)78(21)54(39-44(9)10)67(91)80(23)57(46(13)14)70(94)81(58)24/h25,27,41-59,83H,26,28-40H2,1-24H3,(H,71,85)(H,72,84)(H,73,87)(H,74,86)/t47-,48+,49-,50+,51+,52+,53+,54+,55-,56+,57+,58+,59-/m1/s1. The average Bonchev–Trinajstić information content (AvgIpc) is 0.813. The van der Waals surface area contributed by atoms with Gasteiger partial charge in [-0.1, -0.05) is 109 Å². The van der Waals surface area contributed by atoms with Crippen LogP contribution < -0.4 is 21.3 Å². The van der Waals surface area contributed by atoms with Crippen LogP contribution in [0.3, 0.4) is 0 Å². The molecule has 2 fully saturated rings. The maximum atomic E-state index is 15.4. The first kappa shape index (κ1) is 85.8. The van der Waals surface area contributed by atoms with Gasteiger partial charge in [-0.2, -0.15) is 0 Å². The van der Waals surface area contributed by atoms with Gasteiger partial charge in [0.25, 0.3) is 0 Å². The molecule has 96 heavy (non-hydrogen) atoms. The topological polar surface area (TPSA) is 300 Å². The molecule has 5 N–H and O–H groups in total. The zero-order valence-corrected chi connectivity index (χ0v) is 62.9. The number of aliphatic hydroxyl groups excluding tert-OH is 1. The third-order valence-electron chi connectivity index (χ3n) is 18.5. The van der Waals surface area contributed by atoms with E-state index in [4.69, 9.17) is 9.47 Å². The van der Waals surface area contributed by atoms with Crippen LogP contribution in [0.15, 0.2) is 12.2 Å². The molecule has 0 radical (unpaired) electrons. The lowest BCUT2D eigenvalue weighted by molar-refractivity contribution is -0.157. The molecule has 0 aliphatic carbocycles. The van der Waals surface area contributed by atoms with Gasteiger partial charge >= 0.3 is 0 Å². The molecule has 0 bridgehead atoms. The van der Waals surface area contributed by atoms with Crippen LogP contribution in [0.1, 0.15) is 163 Å². The molecule has 26 nitrogen and oxygen atoms in total. The van der Waals surface area contributed by atoms with Crippen molar-refractivity contribution in [1.82, 2.24) is 60.5 Å². The first-order chi connectivity index (χ1) is 44.7. The second-order valence-electron chi connectivity index (χ2n) is 29.2. The molecule has 2 heterocycles. The number of nitrogens with one attached hydrogen (secondary N) is 4. The number of aliphatic hydroxyl groups is 1. The number of allylic oxidation sites excluding steroid dienone is 2. The Labute approximate surface area is 574 Å². The summed E-state index contributed by atoms with van der Waals surface area (Å²) < 4.78 is 11.8. The molecule has 0 spiro atoms. The minimum Gasteiger partial charge on any atom is -0.390 e. The van der Waals surface area contributed by atoms with Crippen LogP contribution in [-0.4, -0.2) is 277 Å². The molecular weight excluding hydrogens is 1230 g/mol. The number of nitrogens with zero attached hydrogens (tertiary/aromatic N) is 8. The van der Waals surface area contributed by atoms with E-state index in [2.05, 4.69) is 26.2 Å². The van der Waals surface area contributed by atoms with Crippen LogP contribution in [0.2, 0.25) is 0 Å². The molecule has 2 rings (SSSR count). The van der Waals surface area contributed by atoms with Gasteiger partial charge in [-0.15, -0.1) is 0 Å². The summed E-state index contributed by atoms with van der Waals surface area (Å²) in [7, 11) is 9.99. The Morgan fingerprint density at radius 3 is 1.40 bits per heavy atom. The molecular formula is C70H126N12O14. The summed E-state index contributed by atoms with van der Waals surface area (Å²) in [5.41, 5.74) is 0. The van der Waals surface area contributed by atoms with Crippen molar-refractivity contribution in [2.24, 2.45) is 41.4 Å². The van der Waals surface area contributed by atoms with Crippen LogP contribution >= 0.6 is 0 Å². The SMILES string of the molecule is CC=CC[C@@H](C)[C@@H](O)[C@H]1C(=O)N[C@@H](CC)C(=O)N(C)[C@H](COCCCN2CCOCC2)C(=O)N(C)[C@@H](CC(C)C)C(=O)N[C@@H](C(C)C)C(=O)N(C)[C@@H](CC(C)C)C(=O)N[C@@H](C)C(=O)N[C@H](C)C(=O)N(C)[C@@H](CC(C)C)C(=O)N(C)[C@@H](CC(C)C)C(=O)N(C)[C@@H](C(C)C)C(=O)N1C. The summed E-state index contributed by atoms with van der Waals surface area (Å²) in [6, 6.07) is -14.1. The van der Waals surface area contributed by atoms with Crippen molar-refractivity contribution in [2.45, 2.75) is 235 Å². The molecule has 0 aromatic heterocycles. The van der Waals surface area contributed by atoms with E-state index < -0.39 is 155 Å². The molecule has 550 valence electrons. The lowest BCUT2D eigenvalue weighted by Crippen LogP contribution is -2.64. The molecule has 13 atom stereocenters. The van der Waals surface area contributed by atoms with Crippen LogP contribution in [0, 0.1) is 41.4 Å². The average molecular weight is 1360 g/mol. The summed E-state index contributed by atoms with van der Waals surface area (Å²) in [6.45, 7) is 33.2. The van der Waals surface area contributed by atoms with Crippen molar-refractivity contribution in [3.05, 3.63) is 12.2 Å². The lowest BCUT2D eigenvalue weighted by atomic mass is 9.91. The van der Waals surface area contributed by atoms with Crippen molar-refractivity contribution < 1.29 is 67.3 Å². The molecule has 26 heteroatoms. The van der Waals surface area contributed by atoms with Gasteiger partial charge in [0, 0.05) is 75.6 Å². The van der Waals surface area contributed by atoms with Crippen LogP contribution in [0.25, 0.3) is 0 Å². The van der Waals surface area contributed by atoms with E-state index in [9.17, 15) is 29.1 Å². The largest absolute Gasteiger partial charge is 0.390 e. The summed E-state index contributed by atoms with van der Waals surface area (Å²) >= 11 is 0. The number of rotatable bonds is 21. The maximum Gasteiger partial charge on any atom is 0.248 e. The first-order valence-corrected chi connectivity index (χ1v) is 35.0. The van der Waals surface area contributed by atoms with Crippen molar-refractivity contribution in [3.8, 4) is 0 Å². The van der Waals surface area contributed by atoms with Gasteiger partial charge in [0.2, 0.25) is 65.0 Å². The molecule has 11 amide bonds. The zero-order chi connectivity index (χ0) is 73.5. The Morgan fingerprint density at radius 2 is 0.917 bits per heavy atom. The van der Waals surface area contributed by atoms with Gasteiger partial charge in [0.15, 0.2) is 0 Å². The number of morpholine rings is 1. The zero-order valence-electron chi connectivity index (χ0n) is 62.9. The van der Waals surface area contributed by atoms with E-state index in [1.807, 2.05) is 61.5 Å². The van der Waals surface area contributed by atoms with Gasteiger partial charge in [-0.25, -0.2) is 0 Å². The van der Waals surface area contributed by atoms with Gasteiger partial charge < -0.3 is 70.1 Å². The number of likely N-dealkylation sites (N-methyl/N-ethyl adjacent to an activating group) is 7. The Morgan fingerprint density at radius 1 is 0.490 bits per heavy atom. The van der Waals surface area contributed by atoms with Gasteiger partial charge in [-0.05, 0) is 107 Å². The Bertz CT molecular complexity index is 2600. The fourth-order valence-corrected chi connectivity index (χ4v) is 12.4. The first-order valence-electron chi connectivity index (χ1n) is 35.0. The van der Waals surface area contributed by atoms with Crippen LogP contribution in [0.4, 0.5) is 0 Å². The van der Waals surface area contributed by atoms with Gasteiger partial charge in [0.1, 0.15) is 66.5 Å². The third kappa shape index (κ3) is 24.6. The quantitative estimate of drug-likeness (QED) is 0.0813. The highest BCUT2D eigenvalue weighted by atomic mass is 16.5. The number of carbonyl (C=O) groups excluding carboxylic acids is 11. The summed E-state index contributed by atoms with van der Waals surface area (Å²) in [5.74, 6) is -10.1. The monoisotopic (exact) mass is 1360 g/mol. The highest BCUT2D eigenvalue weighted by molar-refractivity contribution is 6.00. The molecule has 0 saturated carbocycles. The van der Waals surface area contributed by atoms with Gasteiger partial charge in [-0.3, -0.25) is 57.6 Å². The highest BCUT2D eigenvalue weighted by Crippen LogP contribution is 2.26. The second-order valence-corrected chi connectivity index (χ2v) is 29.2. The van der Waals surface area contributed by atoms with Crippen molar-refractivity contribution >= 4 is 65.0 Å². The van der Waals surface area contributed by atoms with Crippen molar-refractivity contribution in [1.29, 1.82) is 0 Å². The fraction of sp³-hybridized carbons (Fsp3) is 0.814. The molecule has 0 aromatic rings. The maximum absolute atomic E-state index is 15.4. The molecule has 0 aromatic carbocycles. The Kier molecular flexibility index (Phi) is 36.3. The van der Waals surface area contributed by atoms with Crippen LogP contribution in [-0.2, 0) is 62.2 Å².